The molecule has 2 aromatic heterocycles. The van der Waals surface area contributed by atoms with Crippen molar-refractivity contribution in [2.24, 2.45) is 0 Å². The molecule has 1 aromatic carbocycles. The first-order valence-corrected chi connectivity index (χ1v) is 10.0. The summed E-state index contributed by atoms with van der Waals surface area (Å²) in [5.41, 5.74) is 1.15. The smallest absolute Gasteiger partial charge is 0.238 e. The van der Waals surface area contributed by atoms with Crippen LogP contribution >= 0.6 is 23.1 Å². The van der Waals surface area contributed by atoms with Crippen LogP contribution in [0.15, 0.2) is 53.5 Å². The highest BCUT2D eigenvalue weighted by Gasteiger charge is 2.21. The van der Waals surface area contributed by atoms with Crippen LogP contribution in [-0.2, 0) is 11.3 Å². The zero-order valence-corrected chi connectivity index (χ0v) is 16.6. The molecule has 0 saturated heterocycles. The Morgan fingerprint density at radius 3 is 2.86 bits per heavy atom. The number of nitrogens with one attached hydrogen (secondary N) is 1. The standard InChI is InChI=1S/C19H16FN5OS2/c1-3-9-25-16(13-4-6-15(20)7-5-13)23-24-19(25)28-12(2)17(26)22-18-14(11-21)8-10-27-18/h3-8,10,12H,1,9H2,2H3,(H,22,26)/t12-/m0/s1. The van der Waals surface area contributed by atoms with Gasteiger partial charge in [-0.3, -0.25) is 9.36 Å². The number of thiophene rings is 1. The molecule has 1 atom stereocenters. The van der Waals surface area contributed by atoms with Gasteiger partial charge in [0.15, 0.2) is 11.0 Å². The fourth-order valence-electron chi connectivity index (χ4n) is 2.40. The van der Waals surface area contributed by atoms with Crippen LogP contribution in [-0.4, -0.2) is 25.9 Å². The largest absolute Gasteiger partial charge is 0.316 e. The molecule has 0 aliphatic heterocycles. The second-order valence-corrected chi connectivity index (χ2v) is 7.96. The van der Waals surface area contributed by atoms with Gasteiger partial charge < -0.3 is 5.32 Å². The highest BCUT2D eigenvalue weighted by Crippen LogP contribution is 2.29. The van der Waals surface area contributed by atoms with E-state index in [-0.39, 0.29) is 11.7 Å². The highest BCUT2D eigenvalue weighted by molar-refractivity contribution is 8.00. The number of carbonyl (C=O) groups excluding carboxylic acids is 1. The number of amides is 1. The van der Waals surface area contributed by atoms with Gasteiger partial charge in [0.1, 0.15) is 16.9 Å². The molecule has 0 unspecified atom stereocenters. The number of anilines is 1. The van der Waals surface area contributed by atoms with E-state index in [0.717, 1.165) is 5.56 Å². The van der Waals surface area contributed by atoms with Gasteiger partial charge in [0.25, 0.3) is 0 Å². The lowest BCUT2D eigenvalue weighted by atomic mass is 10.2. The third-order valence-corrected chi connectivity index (χ3v) is 5.72. The maximum atomic E-state index is 13.2. The maximum absolute atomic E-state index is 13.2. The van der Waals surface area contributed by atoms with Gasteiger partial charge in [-0.25, -0.2) is 4.39 Å². The zero-order chi connectivity index (χ0) is 20.1. The number of hydrogen-bond donors (Lipinski definition) is 1. The van der Waals surface area contributed by atoms with Crippen LogP contribution in [0.4, 0.5) is 9.39 Å². The molecule has 2 heterocycles. The minimum absolute atomic E-state index is 0.236. The van der Waals surface area contributed by atoms with Crippen LogP contribution < -0.4 is 5.32 Å². The number of thioether (sulfide) groups is 1. The molecule has 3 rings (SSSR count). The van der Waals surface area contributed by atoms with Crippen molar-refractivity contribution in [3.63, 3.8) is 0 Å². The summed E-state index contributed by atoms with van der Waals surface area (Å²) in [5, 5.41) is 22.6. The summed E-state index contributed by atoms with van der Waals surface area (Å²) in [6.07, 6.45) is 1.70. The number of carbonyl (C=O) groups is 1. The Labute approximate surface area is 169 Å². The molecule has 28 heavy (non-hydrogen) atoms. The summed E-state index contributed by atoms with van der Waals surface area (Å²) < 4.78 is 15.0. The van der Waals surface area contributed by atoms with Crippen molar-refractivity contribution in [2.45, 2.75) is 23.9 Å². The molecule has 0 bridgehead atoms. The van der Waals surface area contributed by atoms with Crippen molar-refractivity contribution in [2.75, 3.05) is 5.32 Å². The molecule has 1 amide bonds. The number of benzene rings is 1. The lowest BCUT2D eigenvalue weighted by Gasteiger charge is -2.12. The Morgan fingerprint density at radius 1 is 1.43 bits per heavy atom. The minimum atomic E-state index is -0.470. The summed E-state index contributed by atoms with van der Waals surface area (Å²) in [5.74, 6) is 0.00390. The molecule has 0 radical (unpaired) electrons. The van der Waals surface area contributed by atoms with E-state index in [1.807, 2.05) is 10.6 Å². The summed E-state index contributed by atoms with van der Waals surface area (Å²) in [7, 11) is 0. The van der Waals surface area contributed by atoms with Gasteiger partial charge in [0.2, 0.25) is 5.91 Å². The normalized spacial score (nSPS) is 11.6. The van der Waals surface area contributed by atoms with Crippen molar-refractivity contribution in [3.05, 3.63) is 59.7 Å². The number of nitriles is 1. The molecular formula is C19H16FN5OS2. The fraction of sp³-hybridized carbons (Fsp3) is 0.158. The van der Waals surface area contributed by atoms with Crippen molar-refractivity contribution < 1.29 is 9.18 Å². The van der Waals surface area contributed by atoms with E-state index in [1.165, 1.54) is 35.2 Å². The zero-order valence-electron chi connectivity index (χ0n) is 14.9. The highest BCUT2D eigenvalue weighted by atomic mass is 32.2. The fourth-order valence-corrected chi connectivity index (χ4v) is 4.00. The number of halogens is 1. The Bertz CT molecular complexity index is 1040. The molecule has 0 aliphatic carbocycles. The summed E-state index contributed by atoms with van der Waals surface area (Å²) >= 11 is 2.55. The molecule has 142 valence electrons. The molecule has 0 aliphatic rings. The van der Waals surface area contributed by atoms with Crippen LogP contribution in [0.5, 0.6) is 0 Å². The average Bonchev–Trinajstić information content (AvgIpc) is 3.30. The molecule has 0 fully saturated rings. The minimum Gasteiger partial charge on any atom is -0.316 e. The predicted molar refractivity (Wildman–Crippen MR) is 109 cm³/mol. The molecule has 9 heteroatoms. The van der Waals surface area contributed by atoms with Gasteiger partial charge in [-0.15, -0.1) is 28.1 Å². The number of allylic oxidation sites excluding steroid dienone is 1. The number of aromatic nitrogens is 3. The van der Waals surface area contributed by atoms with Crippen LogP contribution in [0.1, 0.15) is 12.5 Å². The first-order valence-electron chi connectivity index (χ1n) is 8.28. The Morgan fingerprint density at radius 2 is 2.18 bits per heavy atom. The van der Waals surface area contributed by atoms with Crippen LogP contribution in [0.25, 0.3) is 11.4 Å². The number of rotatable bonds is 7. The van der Waals surface area contributed by atoms with E-state index >= 15 is 0 Å². The Hall–Kier alpha value is -2.96. The quantitative estimate of drug-likeness (QED) is 0.461. The molecule has 6 nitrogen and oxygen atoms in total. The van der Waals surface area contributed by atoms with Crippen molar-refractivity contribution in [3.8, 4) is 17.5 Å². The third-order valence-electron chi connectivity index (χ3n) is 3.80. The SMILES string of the molecule is C=CCn1c(S[C@@H](C)C(=O)Nc2sccc2C#N)nnc1-c1ccc(F)cc1. The second kappa shape index (κ2) is 8.82. The van der Waals surface area contributed by atoms with Crippen molar-refractivity contribution in [1.82, 2.24) is 14.8 Å². The topological polar surface area (TPSA) is 83.6 Å². The molecule has 3 aromatic rings. The first-order chi connectivity index (χ1) is 13.5. The van der Waals surface area contributed by atoms with E-state index < -0.39 is 5.25 Å². The van der Waals surface area contributed by atoms with Crippen molar-refractivity contribution in [1.29, 1.82) is 5.26 Å². The molecule has 0 spiro atoms. The van der Waals surface area contributed by atoms with E-state index in [0.29, 0.717) is 28.1 Å². The van der Waals surface area contributed by atoms with Crippen LogP contribution in [0.3, 0.4) is 0 Å². The van der Waals surface area contributed by atoms with E-state index in [9.17, 15) is 9.18 Å². The van der Waals surface area contributed by atoms with Gasteiger partial charge in [-0.05, 0) is 42.6 Å². The van der Waals surface area contributed by atoms with Crippen LogP contribution in [0, 0.1) is 17.1 Å². The van der Waals surface area contributed by atoms with Gasteiger partial charge in [0.05, 0.1) is 10.8 Å². The molecule has 1 N–H and O–H groups in total. The number of hydrogen-bond acceptors (Lipinski definition) is 6. The lowest BCUT2D eigenvalue weighted by Crippen LogP contribution is -2.22. The van der Waals surface area contributed by atoms with Gasteiger partial charge in [-0.1, -0.05) is 17.8 Å². The third kappa shape index (κ3) is 4.30. The Kier molecular flexibility index (Phi) is 6.23. The van der Waals surface area contributed by atoms with E-state index in [4.69, 9.17) is 5.26 Å². The second-order valence-electron chi connectivity index (χ2n) is 5.74. The monoisotopic (exact) mass is 413 g/mol. The average molecular weight is 414 g/mol. The summed E-state index contributed by atoms with van der Waals surface area (Å²) in [6.45, 7) is 5.95. The van der Waals surface area contributed by atoms with Gasteiger partial charge >= 0.3 is 0 Å². The van der Waals surface area contributed by atoms with E-state index in [1.54, 1.807) is 36.6 Å². The van der Waals surface area contributed by atoms with Gasteiger partial charge in [-0.2, -0.15) is 5.26 Å². The maximum Gasteiger partial charge on any atom is 0.238 e. The molecular weight excluding hydrogens is 397 g/mol. The Balaban J connectivity index is 1.79. The molecule has 0 saturated carbocycles. The predicted octanol–water partition coefficient (Wildman–Crippen LogP) is 4.32. The summed E-state index contributed by atoms with van der Waals surface area (Å²) in [6, 6.07) is 9.68. The van der Waals surface area contributed by atoms with E-state index in [2.05, 4.69) is 22.1 Å². The van der Waals surface area contributed by atoms with Crippen molar-refractivity contribution >= 4 is 34.0 Å². The number of nitrogens with zero attached hydrogens (tertiary/aromatic N) is 4. The van der Waals surface area contributed by atoms with Crippen LogP contribution in [0.2, 0.25) is 0 Å². The van der Waals surface area contributed by atoms with Gasteiger partial charge in [0, 0.05) is 12.1 Å². The summed E-state index contributed by atoms with van der Waals surface area (Å²) in [4.78, 5) is 12.5. The lowest BCUT2D eigenvalue weighted by molar-refractivity contribution is -0.115. The first kappa shape index (κ1) is 19.8.